The third-order valence-corrected chi connectivity index (χ3v) is 4.32. The second-order valence-electron chi connectivity index (χ2n) is 4.28. The van der Waals surface area contributed by atoms with E-state index in [9.17, 15) is 0 Å². The highest BCUT2D eigenvalue weighted by Crippen LogP contribution is 2.37. The second-order valence-corrected chi connectivity index (χ2v) is 5.41. The number of nitrogens with zero attached hydrogens (tertiary/aromatic N) is 1. The number of thioether (sulfide) groups is 1. The number of nitrogens with one attached hydrogen (secondary N) is 1. The molecule has 2 atom stereocenters. The van der Waals surface area contributed by atoms with Gasteiger partial charge in [-0.2, -0.15) is 0 Å². The Balaban J connectivity index is 2.25. The summed E-state index contributed by atoms with van der Waals surface area (Å²) in [5, 5.41) is 1.04. The summed E-state index contributed by atoms with van der Waals surface area (Å²) in [5.41, 5.74) is 7.42. The van der Waals surface area contributed by atoms with E-state index in [0.717, 1.165) is 22.9 Å². The van der Waals surface area contributed by atoms with Gasteiger partial charge in [0.15, 0.2) is 5.16 Å². The summed E-state index contributed by atoms with van der Waals surface area (Å²) in [4.78, 5) is 7.37. The van der Waals surface area contributed by atoms with E-state index in [1.165, 1.54) is 0 Å². The van der Waals surface area contributed by atoms with Crippen molar-refractivity contribution in [1.29, 1.82) is 0 Å². The van der Waals surface area contributed by atoms with Gasteiger partial charge in [-0.1, -0.05) is 30.8 Å². The minimum atomic E-state index is 0.0715. The molecule has 0 radical (unpaired) electrons. The van der Waals surface area contributed by atoms with Crippen molar-refractivity contribution in [3.63, 3.8) is 0 Å². The maximum absolute atomic E-state index is 6.25. The van der Waals surface area contributed by atoms with Gasteiger partial charge in [0.25, 0.3) is 0 Å². The van der Waals surface area contributed by atoms with Crippen LogP contribution in [0.3, 0.4) is 0 Å². The zero-order valence-corrected chi connectivity index (χ0v) is 12.0. The van der Waals surface area contributed by atoms with Gasteiger partial charge in [0, 0.05) is 18.4 Å². The molecule has 1 heterocycles. The molecule has 3 N–H and O–H groups in total. The van der Waals surface area contributed by atoms with Gasteiger partial charge in [-0.05, 0) is 24.1 Å². The first-order valence-electron chi connectivity index (χ1n) is 6.30. The number of hydrogen-bond donors (Lipinski definition) is 2. The predicted molar refractivity (Wildman–Crippen MR) is 78.4 cm³/mol. The molecule has 2 rings (SSSR count). The lowest BCUT2D eigenvalue weighted by molar-refractivity contribution is 0.414. The molecule has 0 amide bonds. The molecule has 0 aliphatic carbocycles. The fourth-order valence-electron chi connectivity index (χ4n) is 1.87. The summed E-state index contributed by atoms with van der Waals surface area (Å²) in [5.74, 6) is 0.853. The standard InChI is InChI=1S/C14H19N3OS/c1-3-12(15)13(19-14-16-7-8-17-14)10-5-4-6-11(9-10)18-2/h4-9,12-13H,3,15H2,1-2H3,(H,16,17). The van der Waals surface area contributed by atoms with Crippen LogP contribution >= 0.6 is 11.8 Å². The number of H-pyrrole nitrogens is 1. The number of imidazole rings is 1. The lowest BCUT2D eigenvalue weighted by Crippen LogP contribution is -2.25. The second kappa shape index (κ2) is 6.63. The predicted octanol–water partition coefficient (Wildman–Crippen LogP) is 2.99. The molecule has 1 aromatic heterocycles. The van der Waals surface area contributed by atoms with Crippen LogP contribution in [0.1, 0.15) is 24.2 Å². The average molecular weight is 277 g/mol. The maximum atomic E-state index is 6.25. The zero-order chi connectivity index (χ0) is 13.7. The number of aromatic nitrogens is 2. The van der Waals surface area contributed by atoms with Crippen molar-refractivity contribution < 1.29 is 4.74 Å². The Kier molecular flexibility index (Phi) is 4.87. The van der Waals surface area contributed by atoms with Gasteiger partial charge in [-0.15, -0.1) is 0 Å². The van der Waals surface area contributed by atoms with E-state index in [2.05, 4.69) is 23.0 Å². The van der Waals surface area contributed by atoms with Crippen molar-refractivity contribution in [3.05, 3.63) is 42.2 Å². The number of nitrogens with two attached hydrogens (primary N) is 1. The molecule has 0 bridgehead atoms. The molecular weight excluding hydrogens is 258 g/mol. The Morgan fingerprint density at radius 1 is 1.47 bits per heavy atom. The highest BCUT2D eigenvalue weighted by atomic mass is 32.2. The largest absolute Gasteiger partial charge is 0.497 e. The van der Waals surface area contributed by atoms with Crippen molar-refractivity contribution in [3.8, 4) is 5.75 Å². The van der Waals surface area contributed by atoms with E-state index in [4.69, 9.17) is 10.5 Å². The molecule has 0 saturated carbocycles. The van der Waals surface area contributed by atoms with E-state index in [0.29, 0.717) is 0 Å². The van der Waals surface area contributed by atoms with Gasteiger partial charge < -0.3 is 15.5 Å². The summed E-state index contributed by atoms with van der Waals surface area (Å²) >= 11 is 1.65. The van der Waals surface area contributed by atoms with Crippen LogP contribution in [0.15, 0.2) is 41.8 Å². The minimum Gasteiger partial charge on any atom is -0.497 e. The fraction of sp³-hybridized carbons (Fsp3) is 0.357. The van der Waals surface area contributed by atoms with Crippen molar-refractivity contribution in [1.82, 2.24) is 9.97 Å². The molecule has 0 spiro atoms. The minimum absolute atomic E-state index is 0.0715. The van der Waals surface area contributed by atoms with Gasteiger partial charge in [-0.25, -0.2) is 4.98 Å². The topological polar surface area (TPSA) is 63.9 Å². The lowest BCUT2D eigenvalue weighted by atomic mass is 10.0. The van der Waals surface area contributed by atoms with Gasteiger partial charge in [0.2, 0.25) is 0 Å². The van der Waals surface area contributed by atoms with Crippen molar-refractivity contribution in [2.75, 3.05) is 7.11 Å². The number of ether oxygens (including phenoxy) is 1. The van der Waals surface area contributed by atoms with Crippen LogP contribution in [0, 0.1) is 0 Å². The molecule has 2 aromatic rings. The highest BCUT2D eigenvalue weighted by molar-refractivity contribution is 7.99. The number of methoxy groups -OCH3 is 1. The SMILES string of the molecule is CCC(N)C(Sc1ncc[nH]1)c1cccc(OC)c1. The molecule has 0 saturated heterocycles. The van der Waals surface area contributed by atoms with Gasteiger partial charge in [0.1, 0.15) is 5.75 Å². The van der Waals surface area contributed by atoms with Crippen molar-refractivity contribution in [2.24, 2.45) is 5.73 Å². The third-order valence-electron chi connectivity index (χ3n) is 2.99. The van der Waals surface area contributed by atoms with Crippen LogP contribution in [0.25, 0.3) is 0 Å². The van der Waals surface area contributed by atoms with E-state index in [1.807, 2.05) is 24.4 Å². The fourth-order valence-corrected chi connectivity index (χ4v) is 3.02. The molecule has 1 aromatic carbocycles. The maximum Gasteiger partial charge on any atom is 0.165 e. The van der Waals surface area contributed by atoms with E-state index in [-0.39, 0.29) is 11.3 Å². The number of aromatic amines is 1. The van der Waals surface area contributed by atoms with Crippen LogP contribution in [-0.4, -0.2) is 23.1 Å². The molecule has 19 heavy (non-hydrogen) atoms. The quantitative estimate of drug-likeness (QED) is 0.797. The Bertz CT molecular complexity index is 501. The molecule has 0 fully saturated rings. The number of hydrogen-bond acceptors (Lipinski definition) is 4. The van der Waals surface area contributed by atoms with Crippen LogP contribution in [0.2, 0.25) is 0 Å². The molecule has 0 aliphatic heterocycles. The number of rotatable bonds is 6. The van der Waals surface area contributed by atoms with Crippen LogP contribution < -0.4 is 10.5 Å². The average Bonchev–Trinajstić information content (AvgIpc) is 2.97. The van der Waals surface area contributed by atoms with Gasteiger partial charge in [-0.3, -0.25) is 0 Å². The van der Waals surface area contributed by atoms with E-state index in [1.54, 1.807) is 25.1 Å². The summed E-state index contributed by atoms with van der Waals surface area (Å²) in [6.45, 7) is 2.10. The highest BCUT2D eigenvalue weighted by Gasteiger charge is 2.21. The van der Waals surface area contributed by atoms with E-state index < -0.39 is 0 Å². The zero-order valence-electron chi connectivity index (χ0n) is 11.2. The summed E-state index contributed by atoms with van der Waals surface area (Å²) in [6.07, 6.45) is 4.49. The van der Waals surface area contributed by atoms with Crippen LogP contribution in [0.5, 0.6) is 5.75 Å². The molecule has 0 aliphatic rings. The van der Waals surface area contributed by atoms with Crippen molar-refractivity contribution >= 4 is 11.8 Å². The molecular formula is C14H19N3OS. The van der Waals surface area contributed by atoms with E-state index >= 15 is 0 Å². The summed E-state index contributed by atoms with van der Waals surface area (Å²) in [7, 11) is 1.67. The molecule has 102 valence electrons. The van der Waals surface area contributed by atoms with Crippen LogP contribution in [-0.2, 0) is 0 Å². The lowest BCUT2D eigenvalue weighted by Gasteiger charge is -2.22. The first-order valence-corrected chi connectivity index (χ1v) is 7.18. The Hall–Kier alpha value is -1.46. The Labute approximate surface area is 117 Å². The molecule has 2 unspecified atom stereocenters. The third kappa shape index (κ3) is 3.52. The molecule has 4 nitrogen and oxygen atoms in total. The summed E-state index contributed by atoms with van der Waals surface area (Å²) < 4.78 is 5.28. The first-order chi connectivity index (χ1) is 9.24. The Morgan fingerprint density at radius 2 is 2.32 bits per heavy atom. The van der Waals surface area contributed by atoms with Crippen LogP contribution in [0.4, 0.5) is 0 Å². The smallest absolute Gasteiger partial charge is 0.165 e. The first kappa shape index (κ1) is 14.0. The normalized spacial score (nSPS) is 14.1. The summed E-state index contributed by atoms with van der Waals surface area (Å²) in [6, 6.07) is 8.12. The number of benzene rings is 1. The van der Waals surface area contributed by atoms with Gasteiger partial charge >= 0.3 is 0 Å². The molecule has 5 heteroatoms. The monoisotopic (exact) mass is 277 g/mol. The van der Waals surface area contributed by atoms with Crippen molar-refractivity contribution in [2.45, 2.75) is 29.8 Å². The Morgan fingerprint density at radius 3 is 2.95 bits per heavy atom. The van der Waals surface area contributed by atoms with Gasteiger partial charge in [0.05, 0.1) is 12.4 Å².